The molecule has 4 N–H and O–H groups in total. The Labute approximate surface area is 157 Å². The smallest absolute Gasteiger partial charge is 0.353 e. The van der Waals surface area contributed by atoms with Crippen molar-refractivity contribution in [1.82, 2.24) is 29.9 Å². The molecule has 1 atom stereocenters. The number of carboxylic acid groups (broad SMARTS) is 1. The molecule has 146 valence electrons. The van der Waals surface area contributed by atoms with Gasteiger partial charge in [-0.3, -0.25) is 24.5 Å². The van der Waals surface area contributed by atoms with E-state index in [4.69, 9.17) is 9.84 Å². The van der Waals surface area contributed by atoms with E-state index in [1.807, 2.05) is 20.8 Å². The third-order valence-electron chi connectivity index (χ3n) is 4.83. The molecule has 4 rings (SSSR count). The molecular weight excluding hydrogens is 368 g/mol. The SMILES string of the molecule is Cc1nn(C[C@@]2(C)Cc3c([nH]c(=O)[nH]c3=O)O2)c(C)c1-c1cc(C(=O)O)[nH]n1. The number of rotatable bonds is 4. The lowest BCUT2D eigenvalue weighted by Gasteiger charge is -2.24. The number of carbonyl (C=O) groups is 1. The first kappa shape index (κ1) is 17.8. The summed E-state index contributed by atoms with van der Waals surface area (Å²) in [5, 5.41) is 20.2. The van der Waals surface area contributed by atoms with Crippen molar-refractivity contribution in [2.24, 2.45) is 0 Å². The van der Waals surface area contributed by atoms with E-state index in [1.165, 1.54) is 6.07 Å². The lowest BCUT2D eigenvalue weighted by molar-refractivity contribution is 0.0690. The molecule has 1 aliphatic rings. The summed E-state index contributed by atoms with van der Waals surface area (Å²) in [5.41, 5.74) is 1.21. The summed E-state index contributed by atoms with van der Waals surface area (Å²) in [6, 6.07) is 1.46. The zero-order valence-electron chi connectivity index (χ0n) is 15.4. The average molecular weight is 386 g/mol. The van der Waals surface area contributed by atoms with Crippen molar-refractivity contribution in [2.75, 3.05) is 0 Å². The topological polar surface area (TPSA) is 159 Å². The quantitative estimate of drug-likeness (QED) is 0.504. The largest absolute Gasteiger partial charge is 0.477 e. The second kappa shape index (κ2) is 5.94. The van der Waals surface area contributed by atoms with Gasteiger partial charge in [-0.05, 0) is 26.8 Å². The maximum atomic E-state index is 12.0. The summed E-state index contributed by atoms with van der Waals surface area (Å²) in [7, 11) is 0. The highest BCUT2D eigenvalue weighted by Gasteiger charge is 2.39. The Kier molecular flexibility index (Phi) is 3.77. The molecule has 0 saturated heterocycles. The molecule has 0 amide bonds. The van der Waals surface area contributed by atoms with Gasteiger partial charge < -0.3 is 9.84 Å². The first-order valence-electron chi connectivity index (χ1n) is 8.54. The van der Waals surface area contributed by atoms with E-state index in [1.54, 1.807) is 4.68 Å². The van der Waals surface area contributed by atoms with Crippen LogP contribution in [0, 0.1) is 13.8 Å². The van der Waals surface area contributed by atoms with Crippen molar-refractivity contribution in [1.29, 1.82) is 0 Å². The Morgan fingerprint density at radius 2 is 2.11 bits per heavy atom. The van der Waals surface area contributed by atoms with Gasteiger partial charge in [0, 0.05) is 17.7 Å². The summed E-state index contributed by atoms with van der Waals surface area (Å²) >= 11 is 0. The van der Waals surface area contributed by atoms with Crippen molar-refractivity contribution in [3.63, 3.8) is 0 Å². The molecule has 0 saturated carbocycles. The van der Waals surface area contributed by atoms with Crippen LogP contribution < -0.4 is 16.0 Å². The Morgan fingerprint density at radius 3 is 2.79 bits per heavy atom. The van der Waals surface area contributed by atoms with Crippen LogP contribution in [0.5, 0.6) is 5.88 Å². The van der Waals surface area contributed by atoms with Crippen molar-refractivity contribution in [2.45, 2.75) is 39.3 Å². The molecular formula is C17H18N6O5. The summed E-state index contributed by atoms with van der Waals surface area (Å²) in [6.07, 6.45) is 0.313. The molecule has 0 fully saturated rings. The number of aromatic carboxylic acids is 1. The van der Waals surface area contributed by atoms with Gasteiger partial charge in [-0.15, -0.1) is 0 Å². The zero-order valence-corrected chi connectivity index (χ0v) is 15.4. The molecule has 4 heterocycles. The van der Waals surface area contributed by atoms with Crippen LogP contribution >= 0.6 is 0 Å². The van der Waals surface area contributed by atoms with Gasteiger partial charge in [0.15, 0.2) is 0 Å². The van der Waals surface area contributed by atoms with E-state index in [0.29, 0.717) is 29.9 Å². The van der Waals surface area contributed by atoms with E-state index in [0.717, 1.165) is 11.3 Å². The highest BCUT2D eigenvalue weighted by molar-refractivity contribution is 5.87. The summed E-state index contributed by atoms with van der Waals surface area (Å²) in [4.78, 5) is 39.3. The molecule has 0 aromatic carbocycles. The number of aryl methyl sites for hydroxylation is 1. The number of ether oxygens (including phenoxy) is 1. The molecule has 0 unspecified atom stereocenters. The lowest BCUT2D eigenvalue weighted by atomic mass is 10.0. The number of hydrogen-bond donors (Lipinski definition) is 4. The van der Waals surface area contributed by atoms with Gasteiger partial charge in [0.1, 0.15) is 11.3 Å². The maximum Gasteiger partial charge on any atom is 0.353 e. The van der Waals surface area contributed by atoms with Crippen LogP contribution in [0.25, 0.3) is 11.3 Å². The third kappa shape index (κ3) is 2.80. The number of hydrogen-bond acceptors (Lipinski definition) is 6. The molecule has 0 aliphatic carbocycles. The van der Waals surface area contributed by atoms with E-state index >= 15 is 0 Å². The Hall–Kier alpha value is -3.63. The lowest BCUT2D eigenvalue weighted by Crippen LogP contribution is -2.37. The second-order valence-corrected chi connectivity index (χ2v) is 7.12. The fourth-order valence-electron chi connectivity index (χ4n) is 3.58. The summed E-state index contributed by atoms with van der Waals surface area (Å²) in [5.74, 6) is -0.915. The first-order chi connectivity index (χ1) is 13.2. The molecule has 0 radical (unpaired) electrons. The van der Waals surface area contributed by atoms with Gasteiger partial charge in [-0.25, -0.2) is 9.59 Å². The van der Waals surface area contributed by atoms with Gasteiger partial charge in [-0.2, -0.15) is 10.2 Å². The second-order valence-electron chi connectivity index (χ2n) is 7.12. The van der Waals surface area contributed by atoms with E-state index in [2.05, 4.69) is 25.3 Å². The molecule has 3 aromatic rings. The fraction of sp³-hybridized carbons (Fsp3) is 0.353. The number of fused-ring (bicyclic) bond motifs is 1. The summed E-state index contributed by atoms with van der Waals surface area (Å²) in [6.45, 7) is 5.82. The highest BCUT2D eigenvalue weighted by Crippen LogP contribution is 2.33. The normalized spacial score (nSPS) is 18.1. The van der Waals surface area contributed by atoms with Gasteiger partial charge in [0.25, 0.3) is 5.56 Å². The molecule has 1 aliphatic heterocycles. The van der Waals surface area contributed by atoms with Crippen LogP contribution in [0.4, 0.5) is 0 Å². The molecule has 28 heavy (non-hydrogen) atoms. The average Bonchev–Trinajstić information content (AvgIpc) is 3.25. The highest BCUT2D eigenvalue weighted by atomic mass is 16.5. The zero-order chi connectivity index (χ0) is 20.2. The minimum Gasteiger partial charge on any atom is -0.477 e. The Balaban J connectivity index is 1.66. The maximum absolute atomic E-state index is 12.0. The van der Waals surface area contributed by atoms with E-state index < -0.39 is 22.8 Å². The van der Waals surface area contributed by atoms with Crippen molar-refractivity contribution < 1.29 is 14.6 Å². The first-order valence-corrected chi connectivity index (χ1v) is 8.54. The number of carboxylic acids is 1. The third-order valence-corrected chi connectivity index (χ3v) is 4.83. The standard InChI is InChI=1S/C17H18N6O5/c1-7-12(10-4-11(15(25)26)21-20-10)8(2)23(22-7)6-17(3)5-9-13(24)18-16(27)19-14(9)28-17/h4H,5-6H2,1-3H3,(H,20,21)(H,25,26)(H2,18,19,24,27)/t17-/m1/s1. The van der Waals surface area contributed by atoms with Crippen LogP contribution in [0.2, 0.25) is 0 Å². The van der Waals surface area contributed by atoms with Crippen LogP contribution in [-0.4, -0.2) is 46.6 Å². The molecule has 3 aromatic heterocycles. The van der Waals surface area contributed by atoms with E-state index in [9.17, 15) is 14.4 Å². The monoisotopic (exact) mass is 386 g/mol. The van der Waals surface area contributed by atoms with Crippen molar-refractivity contribution in [3.05, 3.63) is 49.5 Å². The number of H-pyrrole nitrogens is 3. The molecule has 11 nitrogen and oxygen atoms in total. The van der Waals surface area contributed by atoms with Crippen LogP contribution in [0.3, 0.4) is 0 Å². The minimum absolute atomic E-state index is 0.00809. The van der Waals surface area contributed by atoms with E-state index in [-0.39, 0.29) is 11.6 Å². The minimum atomic E-state index is -1.09. The van der Waals surface area contributed by atoms with Crippen LogP contribution in [-0.2, 0) is 13.0 Å². The number of aromatic amines is 3. The fourth-order valence-corrected chi connectivity index (χ4v) is 3.58. The number of nitrogens with one attached hydrogen (secondary N) is 3. The Morgan fingerprint density at radius 1 is 1.36 bits per heavy atom. The number of aromatic nitrogens is 6. The van der Waals surface area contributed by atoms with Crippen molar-refractivity contribution >= 4 is 5.97 Å². The van der Waals surface area contributed by atoms with Crippen molar-refractivity contribution in [3.8, 4) is 17.1 Å². The Bertz CT molecular complexity index is 1220. The predicted molar refractivity (Wildman–Crippen MR) is 96.7 cm³/mol. The van der Waals surface area contributed by atoms with Gasteiger partial charge in [0.05, 0.1) is 23.5 Å². The van der Waals surface area contributed by atoms with Crippen LogP contribution in [0.15, 0.2) is 15.7 Å². The number of nitrogens with zero attached hydrogens (tertiary/aromatic N) is 3. The molecule has 0 spiro atoms. The van der Waals surface area contributed by atoms with Gasteiger partial charge in [0.2, 0.25) is 5.88 Å². The predicted octanol–water partition coefficient (Wildman–Crippen LogP) is 0.359. The molecule has 11 heteroatoms. The summed E-state index contributed by atoms with van der Waals surface area (Å²) < 4.78 is 7.60. The molecule has 0 bridgehead atoms. The van der Waals surface area contributed by atoms with Gasteiger partial charge >= 0.3 is 11.7 Å². The van der Waals surface area contributed by atoms with Crippen LogP contribution in [0.1, 0.15) is 34.4 Å². The van der Waals surface area contributed by atoms with Gasteiger partial charge in [-0.1, -0.05) is 0 Å².